The van der Waals surface area contributed by atoms with Crippen molar-refractivity contribution in [3.05, 3.63) is 94.8 Å². The van der Waals surface area contributed by atoms with Gasteiger partial charge in [-0.05, 0) is 55.4 Å². The second kappa shape index (κ2) is 10.9. The summed E-state index contributed by atoms with van der Waals surface area (Å²) >= 11 is 0. The minimum absolute atomic E-state index is 0.0176. The van der Waals surface area contributed by atoms with Gasteiger partial charge in [0.2, 0.25) is 5.91 Å². The zero-order valence-corrected chi connectivity index (χ0v) is 20.6. The number of aromatic hydroxyl groups is 2. The van der Waals surface area contributed by atoms with Gasteiger partial charge in [0, 0.05) is 42.0 Å². The van der Waals surface area contributed by atoms with Gasteiger partial charge in [0.15, 0.2) is 11.6 Å². The summed E-state index contributed by atoms with van der Waals surface area (Å²) in [5, 5.41) is 22.8. The van der Waals surface area contributed by atoms with Crippen molar-refractivity contribution in [1.29, 1.82) is 0 Å². The Labute approximate surface area is 214 Å². The number of nitrogens with zero attached hydrogens (tertiary/aromatic N) is 1. The summed E-state index contributed by atoms with van der Waals surface area (Å²) < 4.78 is 14.7. The normalized spacial score (nSPS) is 18.0. The highest BCUT2D eigenvalue weighted by Crippen LogP contribution is 2.42. The molecule has 192 valence electrons. The van der Waals surface area contributed by atoms with E-state index in [1.54, 1.807) is 50.4 Å². The maximum atomic E-state index is 14.7. The van der Waals surface area contributed by atoms with Crippen molar-refractivity contribution >= 4 is 17.5 Å². The van der Waals surface area contributed by atoms with E-state index in [9.17, 15) is 29.0 Å². The van der Waals surface area contributed by atoms with E-state index >= 15 is 0 Å². The molecule has 1 fully saturated rings. The Hall–Kier alpha value is -4.04. The fourth-order valence-electron chi connectivity index (χ4n) is 5.18. The van der Waals surface area contributed by atoms with E-state index in [2.05, 4.69) is 5.32 Å². The van der Waals surface area contributed by atoms with Gasteiger partial charge in [-0.2, -0.15) is 0 Å². The number of nitrogens with one attached hydrogen (secondary N) is 1. The number of benzene rings is 3. The van der Waals surface area contributed by atoms with Crippen LogP contribution in [-0.4, -0.2) is 59.3 Å². The third-order valence-corrected chi connectivity index (χ3v) is 6.99. The van der Waals surface area contributed by atoms with E-state index in [0.29, 0.717) is 11.1 Å². The first kappa shape index (κ1) is 26.0. The second-order valence-electron chi connectivity index (χ2n) is 9.35. The number of Topliss-reactive ketones (excluding diaryl/α,β-unsaturated/α-hetero) is 2. The number of piperidine rings is 1. The topological polar surface area (TPSA) is 107 Å². The van der Waals surface area contributed by atoms with Gasteiger partial charge >= 0.3 is 0 Å². The molecule has 0 spiro atoms. The van der Waals surface area contributed by atoms with E-state index < -0.39 is 23.6 Å². The molecule has 8 heteroatoms. The first-order valence-electron chi connectivity index (χ1n) is 12.0. The van der Waals surface area contributed by atoms with Gasteiger partial charge in [0.05, 0.1) is 6.54 Å². The summed E-state index contributed by atoms with van der Waals surface area (Å²) in [7, 11) is 1.63. The third-order valence-electron chi connectivity index (χ3n) is 6.99. The van der Waals surface area contributed by atoms with Crippen LogP contribution in [0.4, 0.5) is 4.39 Å². The molecule has 1 amide bonds. The third kappa shape index (κ3) is 5.39. The number of phenolic OH excluding ortho intramolecular Hbond substituents is 2. The summed E-state index contributed by atoms with van der Waals surface area (Å²) in [6, 6.07) is 16.4. The number of likely N-dealkylation sites (tertiary alicyclic amines) is 1. The lowest BCUT2D eigenvalue weighted by Crippen LogP contribution is -2.53. The lowest BCUT2D eigenvalue weighted by atomic mass is 9.67. The van der Waals surface area contributed by atoms with E-state index in [4.69, 9.17) is 0 Å². The van der Waals surface area contributed by atoms with Crippen molar-refractivity contribution in [3.8, 4) is 11.5 Å². The first-order chi connectivity index (χ1) is 17.7. The number of ketones is 2. The molecule has 0 saturated carbocycles. The van der Waals surface area contributed by atoms with Gasteiger partial charge in [-0.1, -0.05) is 36.4 Å². The molecular formula is C29H29FN2O5. The Morgan fingerprint density at radius 2 is 1.41 bits per heavy atom. The van der Waals surface area contributed by atoms with Crippen LogP contribution < -0.4 is 5.32 Å². The molecule has 1 aliphatic rings. The number of likely N-dealkylation sites (N-methyl/N-ethyl adjacent to an activating group) is 1. The molecule has 0 unspecified atom stereocenters. The average Bonchev–Trinajstić information content (AvgIpc) is 2.89. The fourth-order valence-corrected chi connectivity index (χ4v) is 5.18. The molecule has 3 aromatic rings. The van der Waals surface area contributed by atoms with Crippen LogP contribution in [0.5, 0.6) is 11.5 Å². The Bertz CT molecular complexity index is 1270. The Balaban J connectivity index is 1.89. The van der Waals surface area contributed by atoms with Gasteiger partial charge in [0.1, 0.15) is 17.3 Å². The average molecular weight is 505 g/mol. The van der Waals surface area contributed by atoms with Crippen molar-refractivity contribution in [3.63, 3.8) is 0 Å². The number of carbonyl (C=O) groups excluding carboxylic acids is 3. The zero-order chi connectivity index (χ0) is 26.7. The molecule has 0 bridgehead atoms. The van der Waals surface area contributed by atoms with Gasteiger partial charge < -0.3 is 20.4 Å². The molecule has 0 aliphatic carbocycles. The highest BCUT2D eigenvalue weighted by molar-refractivity contribution is 6.03. The molecule has 4 rings (SSSR count). The molecular weight excluding hydrogens is 475 g/mol. The second-order valence-corrected chi connectivity index (χ2v) is 9.35. The van der Waals surface area contributed by atoms with Crippen LogP contribution in [0.2, 0.25) is 0 Å². The van der Waals surface area contributed by atoms with Gasteiger partial charge in [-0.25, -0.2) is 4.39 Å². The smallest absolute Gasteiger partial charge is 0.236 e. The minimum atomic E-state index is -0.886. The molecule has 1 aliphatic heterocycles. The summed E-state index contributed by atoms with van der Waals surface area (Å²) in [6.07, 6.45) is 0. The molecule has 37 heavy (non-hydrogen) atoms. The van der Waals surface area contributed by atoms with Crippen LogP contribution >= 0.6 is 0 Å². The minimum Gasteiger partial charge on any atom is -0.508 e. The number of phenols is 2. The van der Waals surface area contributed by atoms with Crippen LogP contribution in [0.15, 0.2) is 66.7 Å². The number of hydrogen-bond donors (Lipinski definition) is 3. The lowest BCUT2D eigenvalue weighted by molar-refractivity contribution is -0.132. The highest BCUT2D eigenvalue weighted by atomic mass is 19.1. The Morgan fingerprint density at radius 1 is 0.892 bits per heavy atom. The van der Waals surface area contributed by atoms with Crippen LogP contribution in [0.1, 0.15) is 37.8 Å². The van der Waals surface area contributed by atoms with Crippen LogP contribution in [0.3, 0.4) is 0 Å². The monoisotopic (exact) mass is 504 g/mol. The first-order valence-corrected chi connectivity index (χ1v) is 12.0. The molecule has 7 nitrogen and oxygen atoms in total. The molecule has 1 heterocycles. The SMILES string of the molecule is CNCC(=O)N1C[C@H](C(=O)c2cccc(O)c2)C(c2cccc(F)c2C)[C@@H](C(=O)c2cccc(O)c2)C1. The van der Waals surface area contributed by atoms with E-state index in [1.807, 2.05) is 0 Å². The van der Waals surface area contributed by atoms with Crippen molar-refractivity contribution < 1.29 is 29.0 Å². The molecule has 3 N–H and O–H groups in total. The number of amides is 1. The molecule has 1 saturated heterocycles. The van der Waals surface area contributed by atoms with Gasteiger partial charge in [-0.15, -0.1) is 0 Å². The molecule has 0 radical (unpaired) electrons. The lowest BCUT2D eigenvalue weighted by Gasteiger charge is -2.43. The number of hydrogen-bond acceptors (Lipinski definition) is 6. The van der Waals surface area contributed by atoms with Crippen molar-refractivity contribution in [2.45, 2.75) is 12.8 Å². The van der Waals surface area contributed by atoms with Crippen LogP contribution in [0, 0.1) is 24.6 Å². The van der Waals surface area contributed by atoms with Crippen molar-refractivity contribution in [2.24, 2.45) is 11.8 Å². The quantitative estimate of drug-likeness (QED) is 0.424. The predicted molar refractivity (Wildman–Crippen MR) is 136 cm³/mol. The summed E-state index contributed by atoms with van der Waals surface area (Å²) in [6.45, 7) is 1.68. The summed E-state index contributed by atoms with van der Waals surface area (Å²) in [5.74, 6) is -4.16. The maximum absolute atomic E-state index is 14.7. The Morgan fingerprint density at radius 3 is 1.89 bits per heavy atom. The number of carbonyl (C=O) groups is 3. The van der Waals surface area contributed by atoms with Gasteiger partial charge in [0.25, 0.3) is 0 Å². The van der Waals surface area contributed by atoms with E-state index in [0.717, 1.165) is 0 Å². The van der Waals surface area contributed by atoms with Crippen molar-refractivity contribution in [2.75, 3.05) is 26.7 Å². The zero-order valence-electron chi connectivity index (χ0n) is 20.6. The molecule has 3 aromatic carbocycles. The van der Waals surface area contributed by atoms with E-state index in [-0.39, 0.29) is 59.7 Å². The fraction of sp³-hybridized carbons (Fsp3) is 0.276. The Kier molecular flexibility index (Phi) is 7.69. The highest BCUT2D eigenvalue weighted by Gasteiger charge is 2.46. The van der Waals surface area contributed by atoms with Gasteiger partial charge in [-0.3, -0.25) is 14.4 Å². The number of rotatable bonds is 7. The molecule has 2 atom stereocenters. The molecule has 0 aromatic heterocycles. The number of halogens is 1. The van der Waals surface area contributed by atoms with Crippen LogP contribution in [-0.2, 0) is 4.79 Å². The van der Waals surface area contributed by atoms with E-state index in [1.165, 1.54) is 35.2 Å². The summed E-state index contributed by atoms with van der Waals surface area (Å²) in [5.41, 5.74) is 1.30. The predicted octanol–water partition coefficient (Wildman–Crippen LogP) is 3.69. The standard InChI is InChI=1S/C29H29FN2O5/c1-17-22(10-5-11-25(17)30)27-23(28(36)18-6-3-8-20(33)12-18)15-32(26(35)14-31-2)16-24(27)29(37)19-7-4-9-21(34)13-19/h3-13,23-24,27,31,33-34H,14-16H2,1-2H3/t23-,24-/m0/s1. The summed E-state index contributed by atoms with van der Waals surface area (Å²) in [4.78, 5) is 42.3. The van der Waals surface area contributed by atoms with Crippen LogP contribution in [0.25, 0.3) is 0 Å². The maximum Gasteiger partial charge on any atom is 0.236 e. The largest absolute Gasteiger partial charge is 0.508 e. The van der Waals surface area contributed by atoms with Crippen molar-refractivity contribution in [1.82, 2.24) is 10.2 Å².